The summed E-state index contributed by atoms with van der Waals surface area (Å²) >= 11 is 0. The molecule has 1 aromatic heterocycles. The van der Waals surface area contributed by atoms with Crippen molar-refractivity contribution < 1.29 is 13.2 Å². The van der Waals surface area contributed by atoms with Crippen LogP contribution in [0.2, 0.25) is 0 Å². The van der Waals surface area contributed by atoms with Gasteiger partial charge < -0.3 is 5.32 Å². The molecule has 1 aromatic carbocycles. The van der Waals surface area contributed by atoms with Crippen LogP contribution >= 0.6 is 0 Å². The highest BCUT2D eigenvalue weighted by Gasteiger charge is 2.28. The van der Waals surface area contributed by atoms with E-state index < -0.39 is 10.0 Å². The number of benzene rings is 1. The minimum absolute atomic E-state index is 0.149. The van der Waals surface area contributed by atoms with Crippen LogP contribution < -0.4 is 9.62 Å². The fraction of sp³-hybridized carbons (Fsp3) is 0.250. The van der Waals surface area contributed by atoms with Crippen LogP contribution in [-0.4, -0.2) is 31.6 Å². The van der Waals surface area contributed by atoms with Crippen molar-refractivity contribution in [1.29, 1.82) is 0 Å². The van der Waals surface area contributed by atoms with E-state index in [2.05, 4.69) is 10.3 Å². The SMILES string of the molecule is Cc1cccnc1NC(=O)c1cccc(N2CCCS2(=O)=O)c1. The Labute approximate surface area is 135 Å². The maximum atomic E-state index is 12.4. The highest BCUT2D eigenvalue weighted by Crippen LogP contribution is 2.25. The summed E-state index contributed by atoms with van der Waals surface area (Å²) in [7, 11) is -3.26. The molecule has 0 radical (unpaired) electrons. The van der Waals surface area contributed by atoms with Crippen LogP contribution in [0.1, 0.15) is 22.3 Å². The first-order valence-corrected chi connectivity index (χ1v) is 8.92. The molecular formula is C16H17N3O3S. The number of anilines is 2. The molecule has 0 spiro atoms. The van der Waals surface area contributed by atoms with Gasteiger partial charge in [-0.15, -0.1) is 0 Å². The second-order valence-electron chi connectivity index (χ2n) is 5.42. The molecule has 0 atom stereocenters. The number of nitrogens with one attached hydrogen (secondary N) is 1. The van der Waals surface area contributed by atoms with Crippen molar-refractivity contribution in [3.63, 3.8) is 0 Å². The summed E-state index contributed by atoms with van der Waals surface area (Å²) in [5, 5.41) is 2.75. The van der Waals surface area contributed by atoms with Crippen LogP contribution in [0.5, 0.6) is 0 Å². The Morgan fingerprint density at radius 2 is 2.09 bits per heavy atom. The molecule has 0 aliphatic carbocycles. The molecule has 3 rings (SSSR count). The van der Waals surface area contributed by atoms with E-state index in [1.165, 1.54) is 4.31 Å². The van der Waals surface area contributed by atoms with Gasteiger partial charge in [-0.1, -0.05) is 12.1 Å². The molecule has 7 heteroatoms. The highest BCUT2D eigenvalue weighted by atomic mass is 32.2. The van der Waals surface area contributed by atoms with Crippen LogP contribution in [0.15, 0.2) is 42.6 Å². The molecule has 2 heterocycles. The Hall–Kier alpha value is -2.41. The molecule has 6 nitrogen and oxygen atoms in total. The minimum atomic E-state index is -3.26. The van der Waals surface area contributed by atoms with Gasteiger partial charge in [-0.3, -0.25) is 9.10 Å². The van der Waals surface area contributed by atoms with Gasteiger partial charge >= 0.3 is 0 Å². The van der Waals surface area contributed by atoms with E-state index in [9.17, 15) is 13.2 Å². The normalized spacial score (nSPS) is 16.3. The van der Waals surface area contributed by atoms with Gasteiger partial charge in [-0.05, 0) is 43.2 Å². The van der Waals surface area contributed by atoms with E-state index in [1.54, 1.807) is 36.5 Å². The summed E-state index contributed by atoms with van der Waals surface area (Å²) in [5.74, 6) is 0.332. The van der Waals surface area contributed by atoms with E-state index >= 15 is 0 Å². The fourth-order valence-corrected chi connectivity index (χ4v) is 4.08. The van der Waals surface area contributed by atoms with Crippen molar-refractivity contribution in [2.75, 3.05) is 21.9 Å². The quantitative estimate of drug-likeness (QED) is 0.935. The van der Waals surface area contributed by atoms with E-state index in [0.717, 1.165) is 5.56 Å². The number of sulfonamides is 1. The van der Waals surface area contributed by atoms with Gasteiger partial charge in [0, 0.05) is 18.3 Å². The minimum Gasteiger partial charge on any atom is -0.306 e. The molecule has 1 aliphatic rings. The van der Waals surface area contributed by atoms with Gasteiger partial charge in [0.2, 0.25) is 10.0 Å². The van der Waals surface area contributed by atoms with Crippen LogP contribution in [0.4, 0.5) is 11.5 Å². The zero-order valence-electron chi connectivity index (χ0n) is 12.7. The van der Waals surface area contributed by atoms with Crippen LogP contribution in [0.3, 0.4) is 0 Å². The first-order chi connectivity index (χ1) is 11.0. The van der Waals surface area contributed by atoms with Crippen LogP contribution in [0, 0.1) is 6.92 Å². The summed E-state index contributed by atoms with van der Waals surface area (Å²) in [6, 6.07) is 10.3. The number of hydrogen-bond donors (Lipinski definition) is 1. The Morgan fingerprint density at radius 3 is 2.78 bits per heavy atom. The van der Waals surface area contributed by atoms with Crippen molar-refractivity contribution >= 4 is 27.4 Å². The lowest BCUT2D eigenvalue weighted by molar-refractivity contribution is 0.102. The molecule has 2 aromatic rings. The number of pyridine rings is 1. The lowest BCUT2D eigenvalue weighted by Crippen LogP contribution is -2.25. The highest BCUT2D eigenvalue weighted by molar-refractivity contribution is 7.93. The summed E-state index contributed by atoms with van der Waals surface area (Å²) in [4.78, 5) is 16.5. The average Bonchev–Trinajstić information content (AvgIpc) is 2.89. The maximum absolute atomic E-state index is 12.4. The second-order valence-corrected chi connectivity index (χ2v) is 7.43. The lowest BCUT2D eigenvalue weighted by atomic mass is 10.2. The molecule has 1 aliphatic heterocycles. The number of rotatable bonds is 3. The van der Waals surface area contributed by atoms with Gasteiger partial charge in [-0.25, -0.2) is 13.4 Å². The van der Waals surface area contributed by atoms with Crippen molar-refractivity contribution in [2.24, 2.45) is 0 Å². The van der Waals surface area contributed by atoms with Crippen LogP contribution in [-0.2, 0) is 10.0 Å². The number of hydrogen-bond acceptors (Lipinski definition) is 4. The molecule has 0 unspecified atom stereocenters. The van der Waals surface area contributed by atoms with Gasteiger partial charge in [0.15, 0.2) is 0 Å². The predicted molar refractivity (Wildman–Crippen MR) is 89.1 cm³/mol. The molecule has 1 fully saturated rings. The largest absolute Gasteiger partial charge is 0.306 e. The maximum Gasteiger partial charge on any atom is 0.256 e. The van der Waals surface area contributed by atoms with Crippen molar-refractivity contribution in [3.05, 3.63) is 53.7 Å². The molecular weight excluding hydrogens is 314 g/mol. The number of carbonyl (C=O) groups is 1. The van der Waals surface area contributed by atoms with E-state index in [1.807, 2.05) is 13.0 Å². The smallest absolute Gasteiger partial charge is 0.256 e. The third-order valence-electron chi connectivity index (χ3n) is 3.74. The van der Waals surface area contributed by atoms with Crippen molar-refractivity contribution in [1.82, 2.24) is 4.98 Å². The molecule has 0 bridgehead atoms. The summed E-state index contributed by atoms with van der Waals surface area (Å²) in [6.45, 7) is 2.31. The Balaban J connectivity index is 1.85. The molecule has 120 valence electrons. The molecule has 1 N–H and O–H groups in total. The molecule has 23 heavy (non-hydrogen) atoms. The van der Waals surface area contributed by atoms with Gasteiger partial charge in [0.25, 0.3) is 5.91 Å². The average molecular weight is 331 g/mol. The van der Waals surface area contributed by atoms with E-state index in [-0.39, 0.29) is 11.7 Å². The van der Waals surface area contributed by atoms with Gasteiger partial charge in [0.05, 0.1) is 11.4 Å². The zero-order valence-corrected chi connectivity index (χ0v) is 13.5. The topological polar surface area (TPSA) is 79.4 Å². The number of nitrogens with zero attached hydrogens (tertiary/aromatic N) is 2. The van der Waals surface area contributed by atoms with E-state index in [0.29, 0.717) is 30.0 Å². The van der Waals surface area contributed by atoms with Crippen LogP contribution in [0.25, 0.3) is 0 Å². The molecule has 0 saturated carbocycles. The Morgan fingerprint density at radius 1 is 1.26 bits per heavy atom. The second kappa shape index (κ2) is 6.00. The van der Waals surface area contributed by atoms with E-state index in [4.69, 9.17) is 0 Å². The third-order valence-corrected chi connectivity index (χ3v) is 5.61. The number of aryl methyl sites for hydroxylation is 1. The monoisotopic (exact) mass is 331 g/mol. The summed E-state index contributed by atoms with van der Waals surface area (Å²) < 4.78 is 25.3. The standard InChI is InChI=1S/C16H17N3O3S/c1-12-5-3-8-17-15(12)18-16(20)13-6-2-7-14(11-13)19-9-4-10-23(19,21)22/h2-3,5-8,11H,4,9-10H2,1H3,(H,17,18,20). The predicted octanol–water partition coefficient (Wildman–Crippen LogP) is 2.18. The first kappa shape index (κ1) is 15.5. The fourth-order valence-electron chi connectivity index (χ4n) is 2.53. The summed E-state index contributed by atoms with van der Waals surface area (Å²) in [5.41, 5.74) is 1.78. The number of amides is 1. The number of aromatic nitrogens is 1. The molecule has 1 saturated heterocycles. The zero-order chi connectivity index (χ0) is 16.4. The lowest BCUT2D eigenvalue weighted by Gasteiger charge is -2.17. The van der Waals surface area contributed by atoms with Crippen molar-refractivity contribution in [3.8, 4) is 0 Å². The first-order valence-electron chi connectivity index (χ1n) is 7.31. The van der Waals surface area contributed by atoms with Gasteiger partial charge in [-0.2, -0.15) is 0 Å². The Bertz CT molecular complexity index is 849. The molecule has 1 amide bonds. The van der Waals surface area contributed by atoms with Gasteiger partial charge in [0.1, 0.15) is 5.82 Å². The van der Waals surface area contributed by atoms with Crippen molar-refractivity contribution in [2.45, 2.75) is 13.3 Å². The third kappa shape index (κ3) is 3.19. The number of carbonyl (C=O) groups excluding carboxylic acids is 1. The Kier molecular flexibility index (Phi) is 4.04. The summed E-state index contributed by atoms with van der Waals surface area (Å²) in [6.07, 6.45) is 2.21.